The van der Waals surface area contributed by atoms with E-state index in [0.717, 1.165) is 10.9 Å². The SMILES string of the molecule is COc1ccc2c(c1)ncc(=O)n2OC(C)=O. The van der Waals surface area contributed by atoms with Crippen LogP contribution in [0.3, 0.4) is 0 Å². The first kappa shape index (κ1) is 11.1. The van der Waals surface area contributed by atoms with Crippen LogP contribution in [0.5, 0.6) is 5.75 Å². The summed E-state index contributed by atoms with van der Waals surface area (Å²) < 4.78 is 5.95. The second-order valence-electron chi connectivity index (χ2n) is 3.33. The van der Waals surface area contributed by atoms with E-state index in [1.165, 1.54) is 14.0 Å². The van der Waals surface area contributed by atoms with Gasteiger partial charge in [0.2, 0.25) is 0 Å². The summed E-state index contributed by atoms with van der Waals surface area (Å²) in [6.45, 7) is 1.22. The van der Waals surface area contributed by atoms with Crippen molar-refractivity contribution in [3.8, 4) is 5.75 Å². The molecule has 0 saturated heterocycles. The van der Waals surface area contributed by atoms with Gasteiger partial charge in [0.05, 0.1) is 18.8 Å². The number of fused-ring (bicyclic) bond motifs is 1. The second kappa shape index (κ2) is 4.25. The zero-order valence-electron chi connectivity index (χ0n) is 9.34. The van der Waals surface area contributed by atoms with Crippen molar-refractivity contribution in [2.24, 2.45) is 0 Å². The van der Waals surface area contributed by atoms with Crippen molar-refractivity contribution in [2.45, 2.75) is 6.92 Å². The Balaban J connectivity index is 2.68. The van der Waals surface area contributed by atoms with Crippen LogP contribution in [0.15, 0.2) is 29.2 Å². The molecule has 1 aromatic carbocycles. The molecule has 0 saturated carbocycles. The highest BCUT2D eigenvalue weighted by Gasteiger charge is 2.08. The van der Waals surface area contributed by atoms with Crippen molar-refractivity contribution >= 4 is 17.0 Å². The van der Waals surface area contributed by atoms with Crippen LogP contribution in [0.1, 0.15) is 6.92 Å². The number of hydrogen-bond acceptors (Lipinski definition) is 5. The molecule has 1 aromatic heterocycles. The molecule has 88 valence electrons. The summed E-state index contributed by atoms with van der Waals surface area (Å²) in [4.78, 5) is 31.2. The summed E-state index contributed by atoms with van der Waals surface area (Å²) in [6, 6.07) is 4.91. The van der Waals surface area contributed by atoms with Crippen LogP contribution in [0.2, 0.25) is 0 Å². The number of ether oxygens (including phenoxy) is 1. The topological polar surface area (TPSA) is 70.4 Å². The number of methoxy groups -OCH3 is 1. The first-order valence-electron chi connectivity index (χ1n) is 4.86. The smallest absolute Gasteiger partial charge is 0.330 e. The van der Waals surface area contributed by atoms with E-state index in [1.807, 2.05) is 0 Å². The van der Waals surface area contributed by atoms with Crippen LogP contribution in [-0.2, 0) is 4.79 Å². The number of carbonyl (C=O) groups is 1. The quantitative estimate of drug-likeness (QED) is 0.751. The van der Waals surface area contributed by atoms with E-state index in [-0.39, 0.29) is 0 Å². The van der Waals surface area contributed by atoms with Crippen molar-refractivity contribution in [3.63, 3.8) is 0 Å². The molecule has 0 N–H and O–H groups in total. The summed E-state index contributed by atoms with van der Waals surface area (Å²) >= 11 is 0. The summed E-state index contributed by atoms with van der Waals surface area (Å²) in [5.74, 6) is 0.0356. The summed E-state index contributed by atoms with van der Waals surface area (Å²) in [7, 11) is 1.53. The van der Waals surface area contributed by atoms with Crippen LogP contribution in [0.4, 0.5) is 0 Å². The molecular formula is C11H10N2O4. The molecule has 0 unspecified atom stereocenters. The second-order valence-corrected chi connectivity index (χ2v) is 3.33. The van der Waals surface area contributed by atoms with Gasteiger partial charge in [0.25, 0.3) is 0 Å². The molecular weight excluding hydrogens is 224 g/mol. The van der Waals surface area contributed by atoms with E-state index < -0.39 is 11.5 Å². The average molecular weight is 234 g/mol. The van der Waals surface area contributed by atoms with Crippen molar-refractivity contribution in [1.82, 2.24) is 9.71 Å². The predicted molar refractivity (Wildman–Crippen MR) is 59.8 cm³/mol. The minimum absolute atomic E-state index is 0.411. The van der Waals surface area contributed by atoms with E-state index in [2.05, 4.69) is 4.98 Å². The fourth-order valence-corrected chi connectivity index (χ4v) is 1.42. The Morgan fingerprint density at radius 1 is 1.41 bits per heavy atom. The van der Waals surface area contributed by atoms with E-state index in [0.29, 0.717) is 16.8 Å². The van der Waals surface area contributed by atoms with E-state index in [4.69, 9.17) is 9.57 Å². The lowest BCUT2D eigenvalue weighted by Crippen LogP contribution is -2.29. The lowest BCUT2D eigenvalue weighted by atomic mass is 10.3. The molecule has 0 radical (unpaired) electrons. The van der Waals surface area contributed by atoms with Gasteiger partial charge in [0.15, 0.2) is 0 Å². The number of benzene rings is 1. The fraction of sp³-hybridized carbons (Fsp3) is 0.182. The van der Waals surface area contributed by atoms with E-state index >= 15 is 0 Å². The van der Waals surface area contributed by atoms with Crippen molar-refractivity contribution in [2.75, 3.05) is 7.11 Å². The van der Waals surface area contributed by atoms with Gasteiger partial charge in [-0.15, -0.1) is 4.73 Å². The molecule has 17 heavy (non-hydrogen) atoms. The van der Waals surface area contributed by atoms with Crippen LogP contribution >= 0.6 is 0 Å². The highest BCUT2D eigenvalue weighted by atomic mass is 16.7. The van der Waals surface area contributed by atoms with Gasteiger partial charge < -0.3 is 9.57 Å². The third kappa shape index (κ3) is 2.10. The maximum atomic E-state index is 11.5. The summed E-state index contributed by atoms with van der Waals surface area (Å²) in [6.07, 6.45) is 1.09. The molecule has 0 bridgehead atoms. The Labute approximate surface area is 96.4 Å². The van der Waals surface area contributed by atoms with Crippen LogP contribution < -0.4 is 15.1 Å². The lowest BCUT2D eigenvalue weighted by molar-refractivity contribution is -0.141. The maximum Gasteiger partial charge on any atom is 0.330 e. The van der Waals surface area contributed by atoms with Crippen LogP contribution in [0.25, 0.3) is 11.0 Å². The molecule has 0 amide bonds. The number of aromatic nitrogens is 2. The Morgan fingerprint density at radius 2 is 2.18 bits per heavy atom. The van der Waals surface area contributed by atoms with Gasteiger partial charge in [-0.2, -0.15) is 0 Å². The first-order valence-corrected chi connectivity index (χ1v) is 4.86. The van der Waals surface area contributed by atoms with Gasteiger partial charge in [-0.25, -0.2) is 9.78 Å². The zero-order valence-corrected chi connectivity index (χ0v) is 9.34. The summed E-state index contributed by atoms with van der Waals surface area (Å²) in [5, 5.41) is 0. The third-order valence-electron chi connectivity index (χ3n) is 2.14. The lowest BCUT2D eigenvalue weighted by Gasteiger charge is -2.08. The largest absolute Gasteiger partial charge is 0.497 e. The number of nitrogens with zero attached hydrogens (tertiary/aromatic N) is 2. The van der Waals surface area contributed by atoms with Crippen LogP contribution in [-0.4, -0.2) is 22.8 Å². The highest BCUT2D eigenvalue weighted by molar-refractivity contribution is 5.77. The number of hydrogen-bond donors (Lipinski definition) is 0. The minimum Gasteiger partial charge on any atom is -0.497 e. The molecule has 0 aliphatic carbocycles. The fourth-order valence-electron chi connectivity index (χ4n) is 1.42. The molecule has 0 spiro atoms. The number of carbonyl (C=O) groups excluding carboxylic acids is 1. The molecule has 0 aliphatic heterocycles. The Morgan fingerprint density at radius 3 is 2.82 bits per heavy atom. The Kier molecular flexibility index (Phi) is 2.78. The average Bonchev–Trinajstić information content (AvgIpc) is 2.32. The van der Waals surface area contributed by atoms with Gasteiger partial charge >= 0.3 is 11.5 Å². The van der Waals surface area contributed by atoms with Gasteiger partial charge in [-0.3, -0.25) is 4.79 Å². The molecule has 2 aromatic rings. The Bertz CT molecular complexity index is 633. The van der Waals surface area contributed by atoms with Crippen molar-refractivity contribution in [3.05, 3.63) is 34.7 Å². The first-order chi connectivity index (χ1) is 8.11. The Hall–Kier alpha value is -2.37. The van der Waals surface area contributed by atoms with Gasteiger partial charge in [0, 0.05) is 13.0 Å². The minimum atomic E-state index is -0.574. The van der Waals surface area contributed by atoms with E-state index in [1.54, 1.807) is 18.2 Å². The zero-order chi connectivity index (χ0) is 12.4. The highest BCUT2D eigenvalue weighted by Crippen LogP contribution is 2.16. The number of rotatable bonds is 2. The molecule has 0 atom stereocenters. The summed E-state index contributed by atoms with van der Waals surface area (Å²) in [5.41, 5.74) is 0.413. The molecule has 1 heterocycles. The van der Waals surface area contributed by atoms with Gasteiger partial charge in [-0.05, 0) is 12.1 Å². The van der Waals surface area contributed by atoms with Gasteiger partial charge in [-0.1, -0.05) is 0 Å². The molecule has 0 aliphatic rings. The van der Waals surface area contributed by atoms with Crippen molar-refractivity contribution in [1.29, 1.82) is 0 Å². The predicted octanol–water partition coefficient (Wildman–Crippen LogP) is 0.380. The molecule has 6 heteroatoms. The van der Waals surface area contributed by atoms with Crippen LogP contribution in [0, 0.1) is 0 Å². The third-order valence-corrected chi connectivity index (χ3v) is 2.14. The monoisotopic (exact) mass is 234 g/mol. The van der Waals surface area contributed by atoms with Gasteiger partial charge in [0.1, 0.15) is 11.3 Å². The van der Waals surface area contributed by atoms with Crippen molar-refractivity contribution < 1.29 is 14.4 Å². The van der Waals surface area contributed by atoms with E-state index in [9.17, 15) is 9.59 Å². The normalized spacial score (nSPS) is 10.2. The molecule has 2 rings (SSSR count). The standard InChI is InChI=1S/C11H10N2O4/c1-7(14)17-13-10-4-3-8(16-2)5-9(10)12-6-11(13)15/h3-6H,1-2H3. The maximum absolute atomic E-state index is 11.5. The molecule has 6 nitrogen and oxygen atoms in total. The molecule has 0 fully saturated rings.